The summed E-state index contributed by atoms with van der Waals surface area (Å²) in [5.74, 6) is -0.0590. The van der Waals surface area contributed by atoms with Crippen LogP contribution in [-0.2, 0) is 27.8 Å². The van der Waals surface area contributed by atoms with Crippen molar-refractivity contribution in [2.45, 2.75) is 45.1 Å². The zero-order chi connectivity index (χ0) is 22.4. The minimum Gasteiger partial charge on any atom is -0.326 e. The molecule has 3 rings (SSSR count). The van der Waals surface area contributed by atoms with E-state index in [2.05, 4.69) is 10.0 Å². The van der Waals surface area contributed by atoms with E-state index in [0.717, 1.165) is 27.9 Å². The Balaban J connectivity index is 1.56. The highest BCUT2D eigenvalue weighted by molar-refractivity contribution is 7.89. The number of aryl methyl sites for hydroxylation is 4. The van der Waals surface area contributed by atoms with Crippen molar-refractivity contribution < 1.29 is 13.2 Å². The second-order valence-electron chi connectivity index (χ2n) is 7.78. The SMILES string of the molecule is Cc1cc(C)c(NC(=O)CCc2ccc(S(=O)(=O)NCc3ccccc3)cc2)c(C)c1. The van der Waals surface area contributed by atoms with Gasteiger partial charge in [0, 0.05) is 18.7 Å². The Hall–Kier alpha value is -2.96. The van der Waals surface area contributed by atoms with E-state index >= 15 is 0 Å². The van der Waals surface area contributed by atoms with E-state index in [4.69, 9.17) is 0 Å². The average Bonchev–Trinajstić information content (AvgIpc) is 2.74. The van der Waals surface area contributed by atoms with Crippen molar-refractivity contribution in [3.63, 3.8) is 0 Å². The predicted octanol–water partition coefficient (Wildman–Crippen LogP) is 4.66. The average molecular weight is 437 g/mol. The third-order valence-corrected chi connectivity index (χ3v) is 6.54. The van der Waals surface area contributed by atoms with Crippen molar-refractivity contribution in [2.24, 2.45) is 0 Å². The van der Waals surface area contributed by atoms with E-state index in [9.17, 15) is 13.2 Å². The second kappa shape index (κ2) is 9.90. The second-order valence-corrected chi connectivity index (χ2v) is 9.54. The summed E-state index contributed by atoms with van der Waals surface area (Å²) in [5, 5.41) is 3.00. The fourth-order valence-corrected chi connectivity index (χ4v) is 4.55. The minimum absolute atomic E-state index is 0.0590. The lowest BCUT2D eigenvalue weighted by Gasteiger charge is -2.13. The Labute approximate surface area is 184 Å². The normalized spacial score (nSPS) is 11.3. The summed E-state index contributed by atoms with van der Waals surface area (Å²) in [6.45, 7) is 6.25. The van der Waals surface area contributed by atoms with Gasteiger partial charge in [-0.1, -0.05) is 60.2 Å². The first-order valence-corrected chi connectivity index (χ1v) is 11.7. The smallest absolute Gasteiger partial charge is 0.240 e. The Kier molecular flexibility index (Phi) is 7.25. The molecule has 31 heavy (non-hydrogen) atoms. The summed E-state index contributed by atoms with van der Waals surface area (Å²) >= 11 is 0. The van der Waals surface area contributed by atoms with Crippen LogP contribution in [0.4, 0.5) is 5.69 Å². The summed E-state index contributed by atoms with van der Waals surface area (Å²) in [5.41, 5.74) is 5.93. The maximum atomic E-state index is 12.5. The van der Waals surface area contributed by atoms with Gasteiger partial charge in [-0.15, -0.1) is 0 Å². The minimum atomic E-state index is -3.59. The maximum Gasteiger partial charge on any atom is 0.240 e. The van der Waals surface area contributed by atoms with E-state index in [-0.39, 0.29) is 17.3 Å². The van der Waals surface area contributed by atoms with Crippen molar-refractivity contribution in [3.05, 3.63) is 94.5 Å². The summed E-state index contributed by atoms with van der Waals surface area (Å²) in [6, 6.07) is 20.1. The Bertz CT molecular complexity index is 1130. The molecule has 2 N–H and O–H groups in total. The number of hydrogen-bond donors (Lipinski definition) is 2. The molecular formula is C25H28N2O3S. The van der Waals surface area contributed by atoms with Crippen LogP contribution in [0.3, 0.4) is 0 Å². The van der Waals surface area contributed by atoms with Crippen LogP contribution in [0.5, 0.6) is 0 Å². The summed E-state index contributed by atoms with van der Waals surface area (Å²) in [7, 11) is -3.59. The molecule has 0 atom stereocenters. The number of benzene rings is 3. The standard InChI is InChI=1S/C25H28N2O3S/c1-18-15-19(2)25(20(3)16-18)27-24(28)14-11-21-9-12-23(13-10-21)31(29,30)26-17-22-7-5-4-6-8-22/h4-10,12-13,15-16,26H,11,14,17H2,1-3H3,(H,27,28). The van der Waals surface area contributed by atoms with Gasteiger partial charge in [0.25, 0.3) is 0 Å². The van der Waals surface area contributed by atoms with Crippen molar-refractivity contribution in [1.82, 2.24) is 4.72 Å². The summed E-state index contributed by atoms with van der Waals surface area (Å²) in [6.07, 6.45) is 0.860. The lowest BCUT2D eigenvalue weighted by atomic mass is 10.0. The summed E-state index contributed by atoms with van der Waals surface area (Å²) in [4.78, 5) is 12.6. The van der Waals surface area contributed by atoms with E-state index in [1.54, 1.807) is 24.3 Å². The van der Waals surface area contributed by atoms with Crippen LogP contribution in [0.2, 0.25) is 0 Å². The van der Waals surface area contributed by atoms with Crippen molar-refractivity contribution in [1.29, 1.82) is 0 Å². The highest BCUT2D eigenvalue weighted by atomic mass is 32.2. The number of anilines is 1. The molecule has 162 valence electrons. The number of carbonyl (C=O) groups excluding carboxylic acids is 1. The first kappa shape index (κ1) is 22.7. The van der Waals surface area contributed by atoms with Gasteiger partial charge in [0.15, 0.2) is 0 Å². The monoisotopic (exact) mass is 436 g/mol. The molecule has 0 spiro atoms. The molecule has 0 aliphatic carbocycles. The molecule has 5 nitrogen and oxygen atoms in total. The van der Waals surface area contributed by atoms with Crippen LogP contribution in [0.15, 0.2) is 71.6 Å². The zero-order valence-corrected chi connectivity index (χ0v) is 18.9. The molecule has 0 unspecified atom stereocenters. The van der Waals surface area contributed by atoms with E-state index in [0.29, 0.717) is 12.8 Å². The number of rotatable bonds is 8. The lowest BCUT2D eigenvalue weighted by Crippen LogP contribution is -2.23. The van der Waals surface area contributed by atoms with Gasteiger partial charge in [-0.05, 0) is 61.6 Å². The van der Waals surface area contributed by atoms with E-state index in [1.807, 2.05) is 63.2 Å². The van der Waals surface area contributed by atoms with Crippen LogP contribution in [0.1, 0.15) is 34.2 Å². The van der Waals surface area contributed by atoms with Crippen LogP contribution < -0.4 is 10.0 Å². The fourth-order valence-electron chi connectivity index (χ4n) is 3.53. The van der Waals surface area contributed by atoms with Crippen molar-refractivity contribution in [3.8, 4) is 0 Å². The van der Waals surface area contributed by atoms with Gasteiger partial charge in [-0.25, -0.2) is 13.1 Å². The zero-order valence-electron chi connectivity index (χ0n) is 18.1. The van der Waals surface area contributed by atoms with Gasteiger partial charge in [0.1, 0.15) is 0 Å². The molecule has 0 radical (unpaired) electrons. The van der Waals surface area contributed by atoms with Gasteiger partial charge >= 0.3 is 0 Å². The van der Waals surface area contributed by atoms with Crippen LogP contribution >= 0.6 is 0 Å². The first-order chi connectivity index (χ1) is 14.7. The van der Waals surface area contributed by atoms with Crippen LogP contribution in [-0.4, -0.2) is 14.3 Å². The largest absolute Gasteiger partial charge is 0.326 e. The number of sulfonamides is 1. The van der Waals surface area contributed by atoms with Gasteiger partial charge in [-0.3, -0.25) is 4.79 Å². The fraction of sp³-hybridized carbons (Fsp3) is 0.240. The van der Waals surface area contributed by atoms with Crippen molar-refractivity contribution in [2.75, 3.05) is 5.32 Å². The van der Waals surface area contributed by atoms with Crippen LogP contribution in [0, 0.1) is 20.8 Å². The number of amides is 1. The summed E-state index contributed by atoms with van der Waals surface area (Å²) < 4.78 is 27.6. The third-order valence-electron chi connectivity index (χ3n) is 5.12. The topological polar surface area (TPSA) is 75.3 Å². The Morgan fingerprint density at radius 2 is 1.45 bits per heavy atom. The number of nitrogens with one attached hydrogen (secondary N) is 2. The number of carbonyl (C=O) groups is 1. The molecule has 0 saturated carbocycles. The molecule has 0 aliphatic rings. The molecule has 3 aromatic carbocycles. The molecule has 0 fully saturated rings. The highest BCUT2D eigenvalue weighted by Gasteiger charge is 2.14. The molecular weight excluding hydrogens is 408 g/mol. The molecule has 1 amide bonds. The molecule has 6 heteroatoms. The van der Waals surface area contributed by atoms with Crippen molar-refractivity contribution >= 4 is 21.6 Å². The van der Waals surface area contributed by atoms with Crippen LogP contribution in [0.25, 0.3) is 0 Å². The number of hydrogen-bond acceptors (Lipinski definition) is 3. The van der Waals surface area contributed by atoms with E-state index in [1.165, 1.54) is 5.56 Å². The van der Waals surface area contributed by atoms with Gasteiger partial charge < -0.3 is 5.32 Å². The highest BCUT2D eigenvalue weighted by Crippen LogP contribution is 2.22. The molecule has 0 bridgehead atoms. The molecule has 0 heterocycles. The molecule has 0 aromatic heterocycles. The predicted molar refractivity (Wildman–Crippen MR) is 125 cm³/mol. The Morgan fingerprint density at radius 1 is 0.839 bits per heavy atom. The van der Waals surface area contributed by atoms with Gasteiger partial charge in [0.05, 0.1) is 4.90 Å². The molecule has 3 aromatic rings. The molecule has 0 saturated heterocycles. The molecule has 0 aliphatic heterocycles. The van der Waals surface area contributed by atoms with Gasteiger partial charge in [-0.2, -0.15) is 0 Å². The lowest BCUT2D eigenvalue weighted by molar-refractivity contribution is -0.116. The Morgan fingerprint density at radius 3 is 2.06 bits per heavy atom. The maximum absolute atomic E-state index is 12.5. The first-order valence-electron chi connectivity index (χ1n) is 10.2. The quantitative estimate of drug-likeness (QED) is 0.539. The van der Waals surface area contributed by atoms with E-state index < -0.39 is 10.0 Å². The van der Waals surface area contributed by atoms with Gasteiger partial charge in [0.2, 0.25) is 15.9 Å². The third kappa shape index (κ3) is 6.26.